The number of benzene rings is 1. The molecule has 0 spiro atoms. The number of carbonyl (C=O) groups is 1. The van der Waals surface area contributed by atoms with E-state index < -0.39 is 6.36 Å². The van der Waals surface area contributed by atoms with Crippen LogP contribution in [-0.2, 0) is 0 Å². The lowest BCUT2D eigenvalue weighted by molar-refractivity contribution is -0.274. The zero-order chi connectivity index (χ0) is 17.6. The number of aldehydes is 1. The lowest BCUT2D eigenvalue weighted by atomic mass is 9.83. The van der Waals surface area contributed by atoms with Gasteiger partial charge in [-0.1, -0.05) is 6.42 Å². The quantitative estimate of drug-likeness (QED) is 0.569. The number of thiophene rings is 1. The fourth-order valence-electron chi connectivity index (χ4n) is 2.82. The number of alkyl halides is 3. The van der Waals surface area contributed by atoms with Crippen LogP contribution in [0.3, 0.4) is 0 Å². The Morgan fingerprint density at radius 1 is 1.28 bits per heavy atom. The topological polar surface area (TPSA) is 52.3 Å². The van der Waals surface area contributed by atoms with Gasteiger partial charge in [0.05, 0.1) is 4.88 Å². The van der Waals surface area contributed by atoms with Crippen molar-refractivity contribution in [2.45, 2.75) is 31.5 Å². The Morgan fingerprint density at radius 3 is 2.72 bits per heavy atom. The van der Waals surface area contributed by atoms with Crippen LogP contribution < -0.4 is 4.74 Å². The van der Waals surface area contributed by atoms with Crippen molar-refractivity contribution in [1.82, 2.24) is 4.98 Å². The number of ether oxygens (including phenoxy) is 1. The molecule has 1 aliphatic carbocycles. The maximum absolute atomic E-state index is 12.3. The third kappa shape index (κ3) is 3.13. The Balaban J connectivity index is 1.69. The van der Waals surface area contributed by atoms with Gasteiger partial charge >= 0.3 is 6.36 Å². The summed E-state index contributed by atoms with van der Waals surface area (Å²) >= 11 is 1.34. The monoisotopic (exact) mass is 367 g/mol. The molecule has 2 heterocycles. The van der Waals surface area contributed by atoms with Crippen LogP contribution in [0.2, 0.25) is 0 Å². The fraction of sp³-hybridized carbons (Fsp3) is 0.294. The number of aromatic nitrogens is 1. The van der Waals surface area contributed by atoms with Crippen molar-refractivity contribution in [2.75, 3.05) is 0 Å². The SMILES string of the molecule is O=Cc1nc(-c2cc3cc(OC(F)(F)F)ccc3s2)oc1C1CCC1. The predicted molar refractivity (Wildman–Crippen MR) is 86.0 cm³/mol. The van der Waals surface area contributed by atoms with Crippen LogP contribution in [0.15, 0.2) is 28.7 Å². The van der Waals surface area contributed by atoms with Crippen LogP contribution in [0.1, 0.15) is 41.4 Å². The smallest absolute Gasteiger partial charge is 0.439 e. The van der Waals surface area contributed by atoms with E-state index in [4.69, 9.17) is 4.42 Å². The van der Waals surface area contributed by atoms with Crippen LogP contribution in [0.4, 0.5) is 13.2 Å². The van der Waals surface area contributed by atoms with Gasteiger partial charge in [-0.05, 0) is 42.5 Å². The van der Waals surface area contributed by atoms with E-state index >= 15 is 0 Å². The Kier molecular flexibility index (Phi) is 3.79. The van der Waals surface area contributed by atoms with Gasteiger partial charge in [0.1, 0.15) is 17.2 Å². The second-order valence-electron chi connectivity index (χ2n) is 5.87. The number of carbonyl (C=O) groups excluding carboxylic acids is 1. The van der Waals surface area contributed by atoms with Crippen LogP contribution in [0.25, 0.3) is 20.9 Å². The molecule has 0 unspecified atom stereocenters. The molecule has 8 heteroatoms. The van der Waals surface area contributed by atoms with Gasteiger partial charge in [-0.3, -0.25) is 4.79 Å². The normalized spacial score (nSPS) is 15.3. The molecule has 4 rings (SSSR count). The molecule has 1 aliphatic rings. The van der Waals surface area contributed by atoms with E-state index in [1.807, 2.05) is 0 Å². The summed E-state index contributed by atoms with van der Waals surface area (Å²) < 4.78 is 47.5. The summed E-state index contributed by atoms with van der Waals surface area (Å²) in [7, 11) is 0. The van der Waals surface area contributed by atoms with E-state index in [2.05, 4.69) is 9.72 Å². The number of nitrogens with zero attached hydrogens (tertiary/aromatic N) is 1. The van der Waals surface area contributed by atoms with Gasteiger partial charge in [0, 0.05) is 10.6 Å². The Morgan fingerprint density at radius 2 is 2.08 bits per heavy atom. The molecule has 0 N–H and O–H groups in total. The minimum atomic E-state index is -4.73. The number of hydrogen-bond donors (Lipinski definition) is 0. The van der Waals surface area contributed by atoms with Crippen molar-refractivity contribution in [3.63, 3.8) is 0 Å². The fourth-order valence-corrected chi connectivity index (χ4v) is 3.79. The molecule has 0 bridgehead atoms. The molecule has 130 valence electrons. The number of rotatable bonds is 4. The average Bonchev–Trinajstić information content (AvgIpc) is 3.07. The highest BCUT2D eigenvalue weighted by molar-refractivity contribution is 7.22. The highest BCUT2D eigenvalue weighted by atomic mass is 32.1. The van der Waals surface area contributed by atoms with Gasteiger partial charge in [0.15, 0.2) is 6.29 Å². The molecule has 2 aromatic heterocycles. The minimum absolute atomic E-state index is 0.225. The first kappa shape index (κ1) is 16.1. The molecule has 4 nitrogen and oxygen atoms in total. The minimum Gasteiger partial charge on any atom is -0.439 e. The first-order valence-electron chi connectivity index (χ1n) is 7.68. The number of oxazole rings is 1. The van der Waals surface area contributed by atoms with Crippen LogP contribution in [0, 0.1) is 0 Å². The van der Waals surface area contributed by atoms with Gasteiger partial charge in [0.2, 0.25) is 5.89 Å². The molecule has 0 saturated heterocycles. The average molecular weight is 367 g/mol. The van der Waals surface area contributed by atoms with Crippen LogP contribution in [0.5, 0.6) is 5.75 Å². The number of fused-ring (bicyclic) bond motifs is 1. The Hall–Kier alpha value is -2.35. The second kappa shape index (κ2) is 5.87. The molecule has 1 fully saturated rings. The third-order valence-electron chi connectivity index (χ3n) is 4.20. The highest BCUT2D eigenvalue weighted by Gasteiger charge is 2.31. The summed E-state index contributed by atoms with van der Waals surface area (Å²) in [4.78, 5) is 16.1. The molecule has 1 saturated carbocycles. The second-order valence-corrected chi connectivity index (χ2v) is 6.96. The van der Waals surface area contributed by atoms with Crippen molar-refractivity contribution in [2.24, 2.45) is 0 Å². The zero-order valence-corrected chi connectivity index (χ0v) is 13.6. The molecule has 3 aromatic rings. The van der Waals surface area contributed by atoms with E-state index in [-0.39, 0.29) is 11.7 Å². The van der Waals surface area contributed by atoms with Crippen LogP contribution >= 0.6 is 11.3 Å². The number of halogens is 3. The zero-order valence-electron chi connectivity index (χ0n) is 12.8. The molecule has 25 heavy (non-hydrogen) atoms. The van der Waals surface area contributed by atoms with Crippen molar-refractivity contribution in [1.29, 1.82) is 0 Å². The standard InChI is InChI=1S/C17H12F3NO3S/c18-17(19,20)24-11-4-5-13-10(6-11)7-14(25-13)16-21-12(8-22)15(23-16)9-2-1-3-9/h4-9H,1-3H2. The summed E-state index contributed by atoms with van der Waals surface area (Å²) in [5.74, 6) is 0.876. The largest absolute Gasteiger partial charge is 0.573 e. The van der Waals surface area contributed by atoms with Gasteiger partial charge in [-0.25, -0.2) is 4.98 Å². The third-order valence-corrected chi connectivity index (χ3v) is 5.30. The van der Waals surface area contributed by atoms with E-state index in [1.54, 1.807) is 12.1 Å². The first-order chi connectivity index (χ1) is 11.9. The summed E-state index contributed by atoms with van der Waals surface area (Å²) in [6.45, 7) is 0. The van der Waals surface area contributed by atoms with Gasteiger partial charge in [0.25, 0.3) is 0 Å². The predicted octanol–water partition coefficient (Wildman–Crippen LogP) is 5.53. The van der Waals surface area contributed by atoms with Crippen molar-refractivity contribution < 1.29 is 27.1 Å². The first-order valence-corrected chi connectivity index (χ1v) is 8.50. The van der Waals surface area contributed by atoms with E-state index in [9.17, 15) is 18.0 Å². The van der Waals surface area contributed by atoms with E-state index in [0.29, 0.717) is 33.9 Å². The van der Waals surface area contributed by atoms with Gasteiger partial charge in [-0.15, -0.1) is 24.5 Å². The van der Waals surface area contributed by atoms with Crippen molar-refractivity contribution >= 4 is 27.7 Å². The molecular weight excluding hydrogens is 355 g/mol. The summed E-state index contributed by atoms with van der Waals surface area (Å²) in [6, 6.07) is 5.83. The number of hydrogen-bond acceptors (Lipinski definition) is 5. The summed E-state index contributed by atoms with van der Waals surface area (Å²) in [5.41, 5.74) is 0.304. The molecular formula is C17H12F3NO3S. The molecule has 0 amide bonds. The molecule has 0 atom stereocenters. The van der Waals surface area contributed by atoms with Gasteiger partial charge < -0.3 is 9.15 Å². The van der Waals surface area contributed by atoms with Crippen LogP contribution in [-0.4, -0.2) is 17.6 Å². The molecule has 0 aliphatic heterocycles. The maximum atomic E-state index is 12.3. The highest BCUT2D eigenvalue weighted by Crippen LogP contribution is 2.41. The summed E-state index contributed by atoms with van der Waals surface area (Å²) in [6.07, 6.45) is -1.00. The van der Waals surface area contributed by atoms with E-state index in [1.165, 1.54) is 23.5 Å². The van der Waals surface area contributed by atoms with E-state index in [0.717, 1.165) is 24.0 Å². The lowest BCUT2D eigenvalue weighted by Crippen LogP contribution is -2.16. The Labute approximate surface area is 144 Å². The van der Waals surface area contributed by atoms with Crippen molar-refractivity contribution in [3.05, 3.63) is 35.7 Å². The lowest BCUT2D eigenvalue weighted by Gasteiger charge is -2.22. The van der Waals surface area contributed by atoms with Gasteiger partial charge in [-0.2, -0.15) is 0 Å². The molecule has 0 radical (unpaired) electrons. The Bertz CT molecular complexity index is 940. The van der Waals surface area contributed by atoms with Crippen molar-refractivity contribution in [3.8, 4) is 16.5 Å². The summed E-state index contributed by atoms with van der Waals surface area (Å²) in [5, 5.41) is 0.595. The molecule has 1 aromatic carbocycles. The maximum Gasteiger partial charge on any atom is 0.573 e.